The van der Waals surface area contributed by atoms with Gasteiger partial charge in [-0.1, -0.05) is 17.7 Å². The molecule has 0 N–H and O–H groups in total. The second-order valence-electron chi connectivity index (χ2n) is 4.88. The van der Waals surface area contributed by atoms with Crippen molar-refractivity contribution in [3.05, 3.63) is 67.8 Å². The van der Waals surface area contributed by atoms with Crippen molar-refractivity contribution in [3.8, 4) is 5.69 Å². The van der Waals surface area contributed by atoms with Gasteiger partial charge >= 0.3 is 0 Å². The second kappa shape index (κ2) is 5.81. The molecule has 0 saturated carbocycles. The highest BCUT2D eigenvalue weighted by molar-refractivity contribution is 9.10. The number of rotatable bonds is 1. The minimum atomic E-state index is 0.411. The molecule has 0 amide bonds. The van der Waals surface area contributed by atoms with E-state index in [4.69, 9.17) is 16.6 Å². The van der Waals surface area contributed by atoms with E-state index in [-0.39, 0.29) is 0 Å². The van der Waals surface area contributed by atoms with Gasteiger partial charge in [0.1, 0.15) is 6.54 Å². The second-order valence-corrected chi connectivity index (χ2v) is 6.85. The van der Waals surface area contributed by atoms with E-state index < -0.39 is 0 Å². The molecule has 4 rings (SSSR count). The minimum absolute atomic E-state index is 0.411. The van der Waals surface area contributed by atoms with Gasteiger partial charge in [0.05, 0.1) is 22.1 Å². The quantitative estimate of drug-likeness (QED) is 0.555. The van der Waals surface area contributed by atoms with Crippen molar-refractivity contribution < 1.29 is 0 Å². The predicted molar refractivity (Wildman–Crippen MR) is 95.3 cm³/mol. The number of nitrogens with zero attached hydrogens (tertiary/aromatic N) is 5. The molecule has 2 aromatic heterocycles. The highest BCUT2D eigenvalue weighted by Crippen LogP contribution is 2.33. The zero-order valence-electron chi connectivity index (χ0n) is 11.5. The smallest absolute Gasteiger partial charge is 0.204 e. The largest absolute Gasteiger partial charge is 0.274 e. The van der Waals surface area contributed by atoms with Gasteiger partial charge in [-0.25, -0.2) is 0 Å². The molecule has 0 bridgehead atoms. The molecule has 1 aliphatic rings. The van der Waals surface area contributed by atoms with Crippen LogP contribution in [0.5, 0.6) is 0 Å². The average Bonchev–Trinajstić information content (AvgIpc) is 2.84. The lowest BCUT2D eigenvalue weighted by Gasteiger charge is -2.13. The molecular formula is C15H8Br2ClN5. The standard InChI is InChI=1S/C15H8Br2ClN5/c16-9-6-12-8(5-10(9)18)14(11-3-1-2-4-19-11)20-7-13-21-22-15(17)23(12)13/h1-6H,7H2. The van der Waals surface area contributed by atoms with Gasteiger partial charge in [0.2, 0.25) is 4.73 Å². The van der Waals surface area contributed by atoms with E-state index in [9.17, 15) is 0 Å². The van der Waals surface area contributed by atoms with Crippen molar-refractivity contribution in [3.63, 3.8) is 0 Å². The number of aliphatic imine (C=N–C) groups is 1. The number of hydrogen-bond donors (Lipinski definition) is 0. The van der Waals surface area contributed by atoms with Crippen LogP contribution in [0.15, 0.2) is 50.7 Å². The molecule has 1 aromatic carbocycles. The van der Waals surface area contributed by atoms with E-state index in [2.05, 4.69) is 47.0 Å². The Hall–Kier alpha value is -1.57. The van der Waals surface area contributed by atoms with Crippen molar-refractivity contribution in [2.75, 3.05) is 0 Å². The fraction of sp³-hybridized carbons (Fsp3) is 0.0667. The van der Waals surface area contributed by atoms with Crippen molar-refractivity contribution in [2.24, 2.45) is 4.99 Å². The van der Waals surface area contributed by atoms with Crippen molar-refractivity contribution in [1.29, 1.82) is 0 Å². The summed E-state index contributed by atoms with van der Waals surface area (Å²) in [6, 6.07) is 9.57. The molecule has 1 aliphatic heterocycles. The molecule has 0 atom stereocenters. The zero-order chi connectivity index (χ0) is 16.0. The normalized spacial score (nSPS) is 13.1. The number of hydrogen-bond acceptors (Lipinski definition) is 4. The van der Waals surface area contributed by atoms with Gasteiger partial charge in [0.25, 0.3) is 0 Å². The van der Waals surface area contributed by atoms with Gasteiger partial charge in [0, 0.05) is 16.2 Å². The van der Waals surface area contributed by atoms with Crippen LogP contribution in [0.1, 0.15) is 17.1 Å². The number of fused-ring (bicyclic) bond motifs is 3. The Kier molecular flexibility index (Phi) is 3.79. The molecule has 5 nitrogen and oxygen atoms in total. The molecule has 114 valence electrons. The van der Waals surface area contributed by atoms with Crippen LogP contribution in [-0.4, -0.2) is 25.5 Å². The number of halogens is 3. The Labute approximate surface area is 153 Å². The highest BCUT2D eigenvalue weighted by atomic mass is 79.9. The molecule has 0 saturated heterocycles. The van der Waals surface area contributed by atoms with E-state index in [1.165, 1.54) is 0 Å². The first-order valence-corrected chi connectivity index (χ1v) is 8.67. The summed E-state index contributed by atoms with van der Waals surface area (Å²) >= 11 is 13.3. The van der Waals surface area contributed by atoms with Gasteiger partial charge in [0.15, 0.2) is 5.82 Å². The lowest BCUT2D eigenvalue weighted by molar-refractivity contribution is 0.865. The Bertz CT molecular complexity index is 937. The Morgan fingerprint density at radius 1 is 1.13 bits per heavy atom. The van der Waals surface area contributed by atoms with E-state index >= 15 is 0 Å². The molecule has 0 unspecified atom stereocenters. The Balaban J connectivity index is 2.04. The molecule has 3 heterocycles. The fourth-order valence-electron chi connectivity index (χ4n) is 2.50. The summed E-state index contributed by atoms with van der Waals surface area (Å²) in [7, 11) is 0. The molecule has 23 heavy (non-hydrogen) atoms. The topological polar surface area (TPSA) is 56.0 Å². The zero-order valence-corrected chi connectivity index (χ0v) is 15.5. The summed E-state index contributed by atoms with van der Waals surface area (Å²) in [5, 5.41) is 8.88. The van der Waals surface area contributed by atoms with E-state index in [1.54, 1.807) is 6.20 Å². The first-order valence-electron chi connectivity index (χ1n) is 6.70. The number of aromatic nitrogens is 4. The fourth-order valence-corrected chi connectivity index (χ4v) is 3.47. The summed E-state index contributed by atoms with van der Waals surface area (Å²) < 4.78 is 3.35. The van der Waals surface area contributed by atoms with Crippen molar-refractivity contribution in [1.82, 2.24) is 19.7 Å². The third-order valence-corrected chi connectivity index (χ3v) is 5.22. The van der Waals surface area contributed by atoms with Crippen LogP contribution in [0.3, 0.4) is 0 Å². The Morgan fingerprint density at radius 3 is 2.78 bits per heavy atom. The van der Waals surface area contributed by atoms with Crippen LogP contribution in [0, 0.1) is 0 Å². The summed E-state index contributed by atoms with van der Waals surface area (Å²) in [5.74, 6) is 0.748. The van der Waals surface area contributed by atoms with Gasteiger partial charge in [-0.15, -0.1) is 10.2 Å². The predicted octanol–water partition coefficient (Wildman–Crippen LogP) is 4.19. The van der Waals surface area contributed by atoms with Crippen LogP contribution in [0.2, 0.25) is 5.02 Å². The van der Waals surface area contributed by atoms with E-state index in [1.807, 2.05) is 34.9 Å². The third kappa shape index (κ3) is 2.52. The van der Waals surface area contributed by atoms with Gasteiger partial charge in [-0.3, -0.25) is 14.5 Å². The third-order valence-electron chi connectivity index (χ3n) is 3.51. The number of benzene rings is 1. The Morgan fingerprint density at radius 2 is 2.00 bits per heavy atom. The molecule has 0 spiro atoms. The maximum atomic E-state index is 6.32. The van der Waals surface area contributed by atoms with Crippen LogP contribution < -0.4 is 0 Å². The van der Waals surface area contributed by atoms with Gasteiger partial charge in [-0.2, -0.15) is 0 Å². The van der Waals surface area contributed by atoms with Crippen LogP contribution in [-0.2, 0) is 6.54 Å². The van der Waals surface area contributed by atoms with Gasteiger partial charge < -0.3 is 0 Å². The van der Waals surface area contributed by atoms with Crippen LogP contribution >= 0.6 is 43.5 Å². The summed E-state index contributed by atoms with van der Waals surface area (Å²) in [6.45, 7) is 0.411. The first-order chi connectivity index (χ1) is 11.1. The summed E-state index contributed by atoms with van der Waals surface area (Å²) in [6.07, 6.45) is 1.75. The molecule has 0 fully saturated rings. The lowest BCUT2D eigenvalue weighted by atomic mass is 10.0. The van der Waals surface area contributed by atoms with Crippen molar-refractivity contribution in [2.45, 2.75) is 6.54 Å². The van der Waals surface area contributed by atoms with E-state index in [0.717, 1.165) is 33.0 Å². The number of pyridine rings is 1. The maximum Gasteiger partial charge on any atom is 0.204 e. The first kappa shape index (κ1) is 15.0. The van der Waals surface area contributed by atoms with E-state index in [0.29, 0.717) is 16.3 Å². The molecular weight excluding hydrogens is 445 g/mol. The molecule has 3 aromatic rings. The average molecular weight is 454 g/mol. The minimum Gasteiger partial charge on any atom is -0.274 e. The molecule has 0 radical (unpaired) electrons. The highest BCUT2D eigenvalue weighted by Gasteiger charge is 2.23. The molecule has 8 heteroatoms. The SMILES string of the molecule is Clc1cc2c(cc1Br)-n1c(Br)nnc1CN=C2c1ccccn1. The maximum absolute atomic E-state index is 6.32. The summed E-state index contributed by atoms with van der Waals surface area (Å²) in [5.41, 5.74) is 3.36. The monoisotopic (exact) mass is 451 g/mol. The van der Waals surface area contributed by atoms with Crippen LogP contribution in [0.4, 0.5) is 0 Å². The lowest BCUT2D eigenvalue weighted by Crippen LogP contribution is -2.09. The summed E-state index contributed by atoms with van der Waals surface area (Å²) in [4.78, 5) is 9.12. The van der Waals surface area contributed by atoms with Crippen LogP contribution in [0.25, 0.3) is 5.69 Å². The molecule has 0 aliphatic carbocycles. The van der Waals surface area contributed by atoms with Crippen molar-refractivity contribution >= 4 is 49.2 Å². The van der Waals surface area contributed by atoms with Gasteiger partial charge in [-0.05, 0) is 56.1 Å².